The van der Waals surface area contributed by atoms with E-state index < -0.39 is 59.2 Å². The second kappa shape index (κ2) is 8.28. The number of rotatable bonds is 8. The van der Waals surface area contributed by atoms with Crippen LogP contribution in [0.4, 0.5) is 57.1 Å². The molecule has 0 aliphatic rings. The normalized spacial score (nSPS) is 16.5. The largest absolute Gasteiger partial charge is 0.469 e. The van der Waals surface area contributed by atoms with Crippen LogP contribution in [-0.2, 0) is 9.53 Å². The van der Waals surface area contributed by atoms with Crippen LogP contribution in [-0.4, -0.2) is 48.9 Å². The van der Waals surface area contributed by atoms with Crippen molar-refractivity contribution in [2.45, 2.75) is 48.6 Å². The smallest absolute Gasteiger partial charge is 0.460 e. The van der Waals surface area contributed by atoms with E-state index in [0.29, 0.717) is 7.11 Å². The van der Waals surface area contributed by atoms with Gasteiger partial charge in [-0.25, -0.2) is 0 Å². The van der Waals surface area contributed by atoms with E-state index in [-0.39, 0.29) is 6.92 Å². The number of ether oxygens (including phenoxy) is 1. The Morgan fingerprint density at radius 1 is 0.719 bits per heavy atom. The summed E-state index contributed by atoms with van der Waals surface area (Å²) in [5.74, 6) is -45.2. The predicted octanol–water partition coefficient (Wildman–Crippen LogP) is 6.32. The van der Waals surface area contributed by atoms with Gasteiger partial charge in [0.15, 0.2) is 0 Å². The molecule has 32 heavy (non-hydrogen) atoms. The summed E-state index contributed by atoms with van der Waals surface area (Å²) in [6.07, 6.45) is -7.49. The quantitative estimate of drug-likeness (QED) is 0.311. The minimum absolute atomic E-state index is 0.0125. The van der Waals surface area contributed by atoms with Crippen molar-refractivity contribution in [3.05, 3.63) is 35.9 Å². The van der Waals surface area contributed by atoms with Crippen LogP contribution < -0.4 is 0 Å². The first kappa shape index (κ1) is 27.8. The molecule has 0 fully saturated rings. The van der Waals surface area contributed by atoms with Crippen molar-refractivity contribution in [2.24, 2.45) is 5.92 Å². The lowest BCUT2D eigenvalue weighted by molar-refractivity contribution is -0.443. The number of esters is 1. The van der Waals surface area contributed by atoms with Gasteiger partial charge in [0.1, 0.15) is 0 Å². The average molecular weight is 496 g/mol. The molecule has 0 saturated carbocycles. The standard InChI is InChI=1S/C17H13F13O2/c1-8(10(11(31)32-2)9-6-4-3-5-7-9)12(18,19)13(20,21)14(22,23)15(24,25)16(26,27)17(28,29)30/h3-8,10H,1-2H3. The van der Waals surface area contributed by atoms with Crippen molar-refractivity contribution in [1.82, 2.24) is 0 Å². The Labute approximate surface area is 171 Å². The second-order valence-electron chi connectivity index (χ2n) is 6.62. The van der Waals surface area contributed by atoms with E-state index in [1.807, 2.05) is 0 Å². The highest BCUT2D eigenvalue weighted by Gasteiger charge is 2.91. The molecule has 2 nitrogen and oxygen atoms in total. The molecule has 0 aliphatic heterocycles. The number of carbonyl (C=O) groups excluding carboxylic acids is 1. The summed E-state index contributed by atoms with van der Waals surface area (Å²) >= 11 is 0. The van der Waals surface area contributed by atoms with E-state index >= 15 is 0 Å². The van der Waals surface area contributed by atoms with Crippen molar-refractivity contribution in [2.75, 3.05) is 7.11 Å². The van der Waals surface area contributed by atoms with E-state index in [2.05, 4.69) is 4.74 Å². The molecule has 15 heteroatoms. The lowest BCUT2D eigenvalue weighted by Gasteiger charge is -2.42. The lowest BCUT2D eigenvalue weighted by atomic mass is 9.78. The number of hydrogen-bond acceptors (Lipinski definition) is 2. The van der Waals surface area contributed by atoms with E-state index in [9.17, 15) is 61.9 Å². The van der Waals surface area contributed by atoms with Crippen LogP contribution in [0.1, 0.15) is 18.4 Å². The molecule has 0 aromatic heterocycles. The third-order valence-electron chi connectivity index (χ3n) is 4.64. The highest BCUT2D eigenvalue weighted by Crippen LogP contribution is 2.62. The molecule has 0 amide bonds. The number of benzene rings is 1. The molecule has 1 aromatic rings. The molecule has 1 rings (SSSR count). The van der Waals surface area contributed by atoms with Crippen molar-refractivity contribution < 1.29 is 66.6 Å². The summed E-state index contributed by atoms with van der Waals surface area (Å²) in [4.78, 5) is 11.9. The highest BCUT2D eigenvalue weighted by molar-refractivity contribution is 5.78. The van der Waals surface area contributed by atoms with E-state index in [1.54, 1.807) is 0 Å². The molecule has 0 saturated heterocycles. The fourth-order valence-corrected chi connectivity index (χ4v) is 2.69. The minimum atomic E-state index is -8.00. The van der Waals surface area contributed by atoms with Crippen LogP contribution in [0.2, 0.25) is 0 Å². The summed E-state index contributed by atoms with van der Waals surface area (Å²) in [7, 11) is 0.577. The zero-order valence-electron chi connectivity index (χ0n) is 15.8. The monoisotopic (exact) mass is 496 g/mol. The van der Waals surface area contributed by atoms with Gasteiger partial charge in [-0.05, 0) is 5.56 Å². The molecule has 184 valence electrons. The van der Waals surface area contributed by atoms with Gasteiger partial charge in [-0.15, -0.1) is 0 Å². The first-order valence-electron chi connectivity index (χ1n) is 8.21. The maximum atomic E-state index is 14.4. The van der Waals surface area contributed by atoms with Gasteiger partial charge in [0.2, 0.25) is 0 Å². The van der Waals surface area contributed by atoms with Gasteiger partial charge in [-0.2, -0.15) is 57.1 Å². The fourth-order valence-electron chi connectivity index (χ4n) is 2.69. The second-order valence-corrected chi connectivity index (χ2v) is 6.62. The zero-order chi connectivity index (χ0) is 25.6. The van der Waals surface area contributed by atoms with Crippen LogP contribution in [0, 0.1) is 5.92 Å². The molecule has 2 unspecified atom stereocenters. The Balaban J connectivity index is 3.63. The van der Waals surface area contributed by atoms with Crippen molar-refractivity contribution in [3.63, 3.8) is 0 Å². The molecule has 0 spiro atoms. The zero-order valence-corrected chi connectivity index (χ0v) is 15.8. The van der Waals surface area contributed by atoms with Crippen LogP contribution >= 0.6 is 0 Å². The Bertz CT molecular complexity index is 802. The summed E-state index contributed by atoms with van der Waals surface area (Å²) in [6.45, 7) is 0.0125. The summed E-state index contributed by atoms with van der Waals surface area (Å²) in [5, 5.41) is 0. The highest BCUT2D eigenvalue weighted by atomic mass is 19.4. The van der Waals surface area contributed by atoms with Crippen molar-refractivity contribution in [1.29, 1.82) is 0 Å². The summed E-state index contributed by atoms with van der Waals surface area (Å²) in [6, 6.07) is 5.17. The molecule has 2 atom stereocenters. The van der Waals surface area contributed by atoms with Gasteiger partial charge in [-0.3, -0.25) is 4.79 Å². The molecule has 0 radical (unpaired) electrons. The number of carbonyl (C=O) groups is 1. The van der Waals surface area contributed by atoms with E-state index in [4.69, 9.17) is 0 Å². The van der Waals surface area contributed by atoms with Gasteiger partial charge < -0.3 is 4.74 Å². The van der Waals surface area contributed by atoms with Crippen LogP contribution in [0.3, 0.4) is 0 Å². The SMILES string of the molecule is COC(=O)C(c1ccccc1)C(C)C(F)(F)C(F)(F)C(F)(F)C(F)(F)C(F)(F)C(F)(F)F. The molecular weight excluding hydrogens is 483 g/mol. The first-order valence-corrected chi connectivity index (χ1v) is 8.21. The Hall–Kier alpha value is -2.22. The van der Waals surface area contributed by atoms with Crippen LogP contribution in [0.5, 0.6) is 0 Å². The fraction of sp³-hybridized carbons (Fsp3) is 0.588. The maximum Gasteiger partial charge on any atom is 0.460 e. The van der Waals surface area contributed by atoms with Gasteiger partial charge in [0.05, 0.1) is 13.0 Å². The average Bonchev–Trinajstić information content (AvgIpc) is 2.67. The number of methoxy groups -OCH3 is 1. The molecule has 0 heterocycles. The Morgan fingerprint density at radius 2 is 1.12 bits per heavy atom. The van der Waals surface area contributed by atoms with Gasteiger partial charge in [-0.1, -0.05) is 37.3 Å². The van der Waals surface area contributed by atoms with Crippen molar-refractivity contribution >= 4 is 5.97 Å². The number of hydrogen-bond donors (Lipinski definition) is 0. The minimum Gasteiger partial charge on any atom is -0.469 e. The van der Waals surface area contributed by atoms with E-state index in [1.165, 1.54) is 6.07 Å². The van der Waals surface area contributed by atoms with Gasteiger partial charge in [0, 0.05) is 5.92 Å². The Kier molecular flexibility index (Phi) is 7.20. The van der Waals surface area contributed by atoms with Crippen LogP contribution in [0.15, 0.2) is 30.3 Å². The Morgan fingerprint density at radius 3 is 1.50 bits per heavy atom. The molecule has 0 bridgehead atoms. The third-order valence-corrected chi connectivity index (χ3v) is 4.64. The number of alkyl halides is 13. The molecule has 1 aromatic carbocycles. The predicted molar refractivity (Wildman–Crippen MR) is 81.2 cm³/mol. The van der Waals surface area contributed by atoms with Gasteiger partial charge >= 0.3 is 41.8 Å². The molecule has 0 aliphatic carbocycles. The lowest BCUT2D eigenvalue weighted by Crippen LogP contribution is -2.71. The maximum absolute atomic E-state index is 14.4. The first-order chi connectivity index (χ1) is 14.1. The summed E-state index contributed by atoms with van der Waals surface area (Å²) < 4.78 is 178. The van der Waals surface area contributed by atoms with Crippen molar-refractivity contribution in [3.8, 4) is 0 Å². The van der Waals surface area contributed by atoms with E-state index in [0.717, 1.165) is 24.3 Å². The topological polar surface area (TPSA) is 26.3 Å². The number of halogens is 13. The summed E-state index contributed by atoms with van der Waals surface area (Å²) in [5.41, 5.74) is -0.543. The molecule has 0 N–H and O–H groups in total. The van der Waals surface area contributed by atoms with Crippen LogP contribution in [0.25, 0.3) is 0 Å². The molecular formula is C17H13F13O2. The third kappa shape index (κ3) is 3.98. The van der Waals surface area contributed by atoms with Gasteiger partial charge in [0.25, 0.3) is 0 Å².